The molecule has 0 saturated heterocycles. The van der Waals surface area contributed by atoms with Crippen LogP contribution in [0.25, 0.3) is 0 Å². The van der Waals surface area contributed by atoms with Crippen molar-refractivity contribution in [1.29, 1.82) is 0 Å². The molecule has 0 fully saturated rings. The largest absolute Gasteiger partial charge is 0.469 e. The summed E-state index contributed by atoms with van der Waals surface area (Å²) in [6.45, 7) is 4.26. The van der Waals surface area contributed by atoms with Gasteiger partial charge in [0.05, 0.1) is 12.3 Å². The molecule has 0 saturated carbocycles. The Balaban J connectivity index is 0.00000392. The van der Waals surface area contributed by atoms with Crippen molar-refractivity contribution in [2.75, 3.05) is 27.2 Å². The van der Waals surface area contributed by atoms with E-state index in [1.165, 1.54) is 11.0 Å². The molecular formula is C20H28FIN4O2. The second-order valence-corrected chi connectivity index (χ2v) is 6.58. The van der Waals surface area contributed by atoms with Crippen molar-refractivity contribution in [2.24, 2.45) is 4.99 Å². The Morgan fingerprint density at radius 2 is 2.07 bits per heavy atom. The summed E-state index contributed by atoms with van der Waals surface area (Å²) in [5.74, 6) is 1.01. The molecule has 2 rings (SSSR count). The van der Waals surface area contributed by atoms with Gasteiger partial charge in [-0.1, -0.05) is 12.1 Å². The lowest BCUT2D eigenvalue weighted by Gasteiger charge is -2.19. The number of guanidine groups is 1. The topological polar surface area (TPSA) is 69.9 Å². The van der Waals surface area contributed by atoms with Crippen LogP contribution >= 0.6 is 24.0 Å². The predicted molar refractivity (Wildman–Crippen MR) is 120 cm³/mol. The lowest BCUT2D eigenvalue weighted by Crippen LogP contribution is -2.40. The molecular weight excluding hydrogens is 474 g/mol. The second-order valence-electron chi connectivity index (χ2n) is 6.58. The Bertz CT molecular complexity index is 779. The smallest absolute Gasteiger partial charge is 0.243 e. The summed E-state index contributed by atoms with van der Waals surface area (Å²) in [5, 5.41) is 6.42. The number of rotatable bonds is 7. The molecule has 1 unspecified atom stereocenters. The highest BCUT2D eigenvalue weighted by Crippen LogP contribution is 2.16. The van der Waals surface area contributed by atoms with Gasteiger partial charge in [-0.15, -0.1) is 24.0 Å². The van der Waals surface area contributed by atoms with Gasteiger partial charge in [-0.2, -0.15) is 0 Å². The zero-order valence-corrected chi connectivity index (χ0v) is 19.0. The van der Waals surface area contributed by atoms with Crippen LogP contribution < -0.4 is 10.6 Å². The summed E-state index contributed by atoms with van der Waals surface area (Å²) in [6, 6.07) is 8.70. The van der Waals surface area contributed by atoms with Crippen LogP contribution in [-0.4, -0.2) is 44.0 Å². The summed E-state index contributed by atoms with van der Waals surface area (Å²) in [5.41, 5.74) is 1.41. The number of furan rings is 1. The minimum absolute atomic E-state index is 0. The lowest BCUT2D eigenvalue weighted by atomic mass is 10.1. The van der Waals surface area contributed by atoms with Crippen LogP contribution in [-0.2, 0) is 11.2 Å². The van der Waals surface area contributed by atoms with E-state index in [2.05, 4.69) is 15.6 Å². The fourth-order valence-corrected chi connectivity index (χ4v) is 2.37. The summed E-state index contributed by atoms with van der Waals surface area (Å²) in [4.78, 5) is 17.7. The van der Waals surface area contributed by atoms with Crippen molar-refractivity contribution in [3.63, 3.8) is 0 Å². The first-order chi connectivity index (χ1) is 12.9. The van der Waals surface area contributed by atoms with Crippen molar-refractivity contribution in [2.45, 2.75) is 26.3 Å². The zero-order chi connectivity index (χ0) is 19.8. The maximum absolute atomic E-state index is 13.8. The average molecular weight is 502 g/mol. The Labute approximate surface area is 182 Å². The Morgan fingerprint density at radius 3 is 2.68 bits per heavy atom. The van der Waals surface area contributed by atoms with Gasteiger partial charge in [0.2, 0.25) is 5.91 Å². The standard InChI is InChI=1S/C20H27FN4O2.HI/c1-14-7-8-16(12-18(14)21)15(2)24-20(23-13-19(26)25(3)4)22-10-9-17-6-5-11-27-17;/h5-8,11-12,15H,9-10,13H2,1-4H3,(H2,22,23,24);1H. The van der Waals surface area contributed by atoms with Crippen molar-refractivity contribution in [3.05, 3.63) is 59.3 Å². The van der Waals surface area contributed by atoms with Crippen LogP contribution in [0.1, 0.15) is 29.9 Å². The fourth-order valence-electron chi connectivity index (χ4n) is 2.37. The number of benzene rings is 1. The van der Waals surface area contributed by atoms with E-state index in [1.54, 1.807) is 33.3 Å². The molecule has 0 spiro atoms. The van der Waals surface area contributed by atoms with Crippen LogP contribution in [0.2, 0.25) is 0 Å². The van der Waals surface area contributed by atoms with Crippen molar-refractivity contribution in [1.82, 2.24) is 15.5 Å². The minimum atomic E-state index is -0.242. The molecule has 0 aliphatic carbocycles. The summed E-state index contributed by atoms with van der Waals surface area (Å²) >= 11 is 0. The molecule has 2 N–H and O–H groups in total. The number of hydrogen-bond acceptors (Lipinski definition) is 3. The molecule has 1 heterocycles. The molecule has 0 aliphatic rings. The van der Waals surface area contributed by atoms with Gasteiger partial charge in [-0.05, 0) is 43.2 Å². The molecule has 1 aromatic carbocycles. The van der Waals surface area contributed by atoms with Gasteiger partial charge in [0, 0.05) is 27.1 Å². The summed E-state index contributed by atoms with van der Waals surface area (Å²) in [7, 11) is 3.37. The van der Waals surface area contributed by atoms with E-state index in [0.717, 1.165) is 11.3 Å². The third-order valence-electron chi connectivity index (χ3n) is 4.16. The van der Waals surface area contributed by atoms with Gasteiger partial charge in [0.25, 0.3) is 0 Å². The molecule has 154 valence electrons. The molecule has 0 aliphatic heterocycles. The third kappa shape index (κ3) is 7.49. The number of nitrogens with one attached hydrogen (secondary N) is 2. The average Bonchev–Trinajstić information content (AvgIpc) is 3.14. The van der Waals surface area contributed by atoms with Crippen LogP contribution in [0.5, 0.6) is 0 Å². The molecule has 8 heteroatoms. The molecule has 1 aromatic heterocycles. The maximum Gasteiger partial charge on any atom is 0.243 e. The Hall–Kier alpha value is -2.10. The maximum atomic E-state index is 13.8. The summed E-state index contributed by atoms with van der Waals surface area (Å²) < 4.78 is 19.2. The number of aryl methyl sites for hydroxylation is 1. The van der Waals surface area contributed by atoms with Crippen LogP contribution in [0.15, 0.2) is 46.0 Å². The minimum Gasteiger partial charge on any atom is -0.469 e. The fraction of sp³-hybridized carbons (Fsp3) is 0.400. The first-order valence-electron chi connectivity index (χ1n) is 8.90. The number of nitrogens with zero attached hydrogens (tertiary/aromatic N) is 2. The molecule has 1 atom stereocenters. The second kappa shape index (κ2) is 11.7. The van der Waals surface area contributed by atoms with Gasteiger partial charge in [0.15, 0.2) is 5.96 Å². The molecule has 1 amide bonds. The van der Waals surface area contributed by atoms with Gasteiger partial charge >= 0.3 is 0 Å². The molecule has 6 nitrogen and oxygen atoms in total. The number of halogens is 2. The van der Waals surface area contributed by atoms with Gasteiger partial charge in [-0.3, -0.25) is 4.79 Å². The third-order valence-corrected chi connectivity index (χ3v) is 4.16. The van der Waals surface area contributed by atoms with Crippen molar-refractivity contribution < 1.29 is 13.6 Å². The molecule has 0 radical (unpaired) electrons. The van der Waals surface area contributed by atoms with Crippen molar-refractivity contribution in [3.8, 4) is 0 Å². The van der Waals surface area contributed by atoms with E-state index in [0.29, 0.717) is 24.5 Å². The van der Waals surface area contributed by atoms with Gasteiger partial charge < -0.3 is 20.0 Å². The summed E-state index contributed by atoms with van der Waals surface area (Å²) in [6.07, 6.45) is 2.31. The highest BCUT2D eigenvalue weighted by atomic mass is 127. The van der Waals surface area contributed by atoms with Crippen LogP contribution in [0.3, 0.4) is 0 Å². The SMILES string of the molecule is Cc1ccc(C(C)NC(=NCC(=O)N(C)C)NCCc2ccco2)cc1F.I. The van der Waals surface area contributed by atoms with E-state index < -0.39 is 0 Å². The Morgan fingerprint density at radius 1 is 1.32 bits per heavy atom. The highest BCUT2D eigenvalue weighted by molar-refractivity contribution is 14.0. The predicted octanol–water partition coefficient (Wildman–Crippen LogP) is 3.27. The number of likely N-dealkylation sites (N-methyl/N-ethyl adjacent to an activating group) is 1. The number of hydrogen-bond donors (Lipinski definition) is 2. The van der Waals surface area contributed by atoms with E-state index in [-0.39, 0.29) is 48.3 Å². The molecule has 0 bridgehead atoms. The van der Waals surface area contributed by atoms with E-state index >= 15 is 0 Å². The molecule has 2 aromatic rings. The zero-order valence-electron chi connectivity index (χ0n) is 16.7. The van der Waals surface area contributed by atoms with Crippen molar-refractivity contribution >= 4 is 35.8 Å². The monoisotopic (exact) mass is 502 g/mol. The van der Waals surface area contributed by atoms with E-state index in [1.807, 2.05) is 25.1 Å². The van der Waals surface area contributed by atoms with Gasteiger partial charge in [-0.25, -0.2) is 9.38 Å². The number of carbonyl (C=O) groups excluding carboxylic acids is 1. The highest BCUT2D eigenvalue weighted by Gasteiger charge is 2.11. The van der Waals surface area contributed by atoms with Gasteiger partial charge in [0.1, 0.15) is 18.1 Å². The quantitative estimate of drug-likeness (QED) is 0.347. The lowest BCUT2D eigenvalue weighted by molar-refractivity contribution is -0.127. The number of amides is 1. The first kappa shape index (κ1) is 23.9. The first-order valence-corrected chi connectivity index (χ1v) is 8.90. The van der Waals surface area contributed by atoms with Crippen LogP contribution in [0, 0.1) is 12.7 Å². The number of aliphatic imine (C=N–C) groups is 1. The van der Waals surface area contributed by atoms with Crippen LogP contribution in [0.4, 0.5) is 4.39 Å². The normalized spacial score (nSPS) is 12.1. The number of carbonyl (C=O) groups is 1. The van der Waals surface area contributed by atoms with E-state index in [9.17, 15) is 9.18 Å². The van der Waals surface area contributed by atoms with E-state index in [4.69, 9.17) is 4.42 Å². The Kier molecular flexibility index (Phi) is 9.98. The molecule has 28 heavy (non-hydrogen) atoms.